The zero-order chi connectivity index (χ0) is 10.5. The quantitative estimate of drug-likeness (QED) is 0.803. The molecule has 0 amide bonds. The topological polar surface area (TPSA) is 51.8 Å². The van der Waals surface area contributed by atoms with Crippen LogP contribution in [0.2, 0.25) is 0 Å². The van der Waals surface area contributed by atoms with Crippen LogP contribution in [0.15, 0.2) is 42.7 Å². The zero-order valence-electron chi connectivity index (χ0n) is 8.17. The SMILES string of the molecule is Nc1cnc(C=Cc2ccccc2)nc1. The number of nitrogen functional groups attached to an aromatic ring is 1. The number of benzene rings is 1. The van der Waals surface area contributed by atoms with E-state index < -0.39 is 0 Å². The minimum Gasteiger partial charge on any atom is -0.396 e. The van der Waals surface area contributed by atoms with E-state index in [1.807, 2.05) is 42.5 Å². The van der Waals surface area contributed by atoms with Crippen molar-refractivity contribution in [3.05, 3.63) is 54.1 Å². The molecule has 0 fully saturated rings. The van der Waals surface area contributed by atoms with Crippen molar-refractivity contribution in [3.8, 4) is 0 Å². The van der Waals surface area contributed by atoms with Crippen LogP contribution in [0.5, 0.6) is 0 Å². The number of anilines is 1. The first-order valence-corrected chi connectivity index (χ1v) is 4.65. The smallest absolute Gasteiger partial charge is 0.151 e. The molecule has 0 atom stereocenters. The van der Waals surface area contributed by atoms with E-state index in [0.717, 1.165) is 5.56 Å². The molecule has 0 saturated carbocycles. The second-order valence-corrected chi connectivity index (χ2v) is 3.12. The molecule has 1 heterocycles. The molecule has 0 bridgehead atoms. The summed E-state index contributed by atoms with van der Waals surface area (Å²) in [5.41, 5.74) is 7.18. The number of nitrogens with two attached hydrogens (primary N) is 1. The van der Waals surface area contributed by atoms with Crippen LogP contribution >= 0.6 is 0 Å². The number of aromatic nitrogens is 2. The lowest BCUT2D eigenvalue weighted by Gasteiger charge is -1.93. The Hall–Kier alpha value is -2.16. The Morgan fingerprint density at radius 2 is 1.60 bits per heavy atom. The van der Waals surface area contributed by atoms with Gasteiger partial charge in [-0.05, 0) is 11.6 Å². The summed E-state index contributed by atoms with van der Waals surface area (Å²) < 4.78 is 0. The maximum absolute atomic E-state index is 5.48. The Bertz CT molecular complexity index is 446. The second kappa shape index (κ2) is 4.37. The molecule has 15 heavy (non-hydrogen) atoms. The zero-order valence-corrected chi connectivity index (χ0v) is 8.17. The van der Waals surface area contributed by atoms with Gasteiger partial charge in [-0.1, -0.05) is 36.4 Å². The van der Waals surface area contributed by atoms with Crippen LogP contribution < -0.4 is 5.73 Å². The molecule has 2 aromatic rings. The molecule has 0 aliphatic rings. The Morgan fingerprint density at radius 3 is 2.27 bits per heavy atom. The molecule has 0 aliphatic carbocycles. The number of rotatable bonds is 2. The minimum atomic E-state index is 0.576. The average Bonchev–Trinajstić information content (AvgIpc) is 2.30. The summed E-state index contributed by atoms with van der Waals surface area (Å²) in [6.45, 7) is 0. The Morgan fingerprint density at radius 1 is 0.933 bits per heavy atom. The first-order chi connectivity index (χ1) is 7.34. The van der Waals surface area contributed by atoms with E-state index in [0.29, 0.717) is 11.5 Å². The van der Waals surface area contributed by atoms with Crippen LogP contribution in [0.4, 0.5) is 5.69 Å². The van der Waals surface area contributed by atoms with Gasteiger partial charge in [-0.3, -0.25) is 0 Å². The highest BCUT2D eigenvalue weighted by molar-refractivity contribution is 5.66. The summed E-state index contributed by atoms with van der Waals surface area (Å²) in [6, 6.07) is 10.0. The summed E-state index contributed by atoms with van der Waals surface area (Å²) >= 11 is 0. The van der Waals surface area contributed by atoms with Gasteiger partial charge in [-0.2, -0.15) is 0 Å². The molecular formula is C12H11N3. The molecule has 0 spiro atoms. The van der Waals surface area contributed by atoms with E-state index in [-0.39, 0.29) is 0 Å². The van der Waals surface area contributed by atoms with Gasteiger partial charge in [0.05, 0.1) is 18.1 Å². The molecule has 0 saturated heterocycles. The molecular weight excluding hydrogens is 186 g/mol. The fourth-order valence-corrected chi connectivity index (χ4v) is 1.17. The van der Waals surface area contributed by atoms with Crippen molar-refractivity contribution >= 4 is 17.8 Å². The van der Waals surface area contributed by atoms with Crippen molar-refractivity contribution in [2.45, 2.75) is 0 Å². The number of hydrogen-bond donors (Lipinski definition) is 1. The molecule has 0 aliphatic heterocycles. The maximum atomic E-state index is 5.48. The van der Waals surface area contributed by atoms with Gasteiger partial charge in [0, 0.05) is 0 Å². The first kappa shape index (κ1) is 9.40. The van der Waals surface area contributed by atoms with Gasteiger partial charge in [0.1, 0.15) is 0 Å². The van der Waals surface area contributed by atoms with Gasteiger partial charge in [0.15, 0.2) is 5.82 Å². The minimum absolute atomic E-state index is 0.576. The highest BCUT2D eigenvalue weighted by Crippen LogP contribution is 2.04. The van der Waals surface area contributed by atoms with Crippen molar-refractivity contribution in [2.24, 2.45) is 0 Å². The fourth-order valence-electron chi connectivity index (χ4n) is 1.17. The molecule has 2 rings (SSSR count). The monoisotopic (exact) mass is 197 g/mol. The van der Waals surface area contributed by atoms with Gasteiger partial charge in [-0.15, -0.1) is 0 Å². The maximum Gasteiger partial charge on any atom is 0.151 e. The van der Waals surface area contributed by atoms with E-state index >= 15 is 0 Å². The van der Waals surface area contributed by atoms with Gasteiger partial charge in [0.2, 0.25) is 0 Å². The van der Waals surface area contributed by atoms with Crippen molar-refractivity contribution in [2.75, 3.05) is 5.73 Å². The third kappa shape index (κ3) is 2.64. The van der Waals surface area contributed by atoms with E-state index in [1.165, 1.54) is 0 Å². The second-order valence-electron chi connectivity index (χ2n) is 3.12. The van der Waals surface area contributed by atoms with E-state index in [2.05, 4.69) is 9.97 Å². The Labute approximate surface area is 88.3 Å². The highest BCUT2D eigenvalue weighted by atomic mass is 14.9. The van der Waals surface area contributed by atoms with E-state index in [4.69, 9.17) is 5.73 Å². The average molecular weight is 197 g/mol. The number of nitrogens with zero attached hydrogens (tertiary/aromatic N) is 2. The normalized spacial score (nSPS) is 10.7. The lowest BCUT2D eigenvalue weighted by molar-refractivity contribution is 1.14. The molecule has 3 heteroatoms. The fraction of sp³-hybridized carbons (Fsp3) is 0. The van der Waals surface area contributed by atoms with Gasteiger partial charge in [0.25, 0.3) is 0 Å². The van der Waals surface area contributed by atoms with E-state index in [9.17, 15) is 0 Å². The van der Waals surface area contributed by atoms with Crippen molar-refractivity contribution in [3.63, 3.8) is 0 Å². The molecule has 1 aromatic heterocycles. The largest absolute Gasteiger partial charge is 0.396 e. The molecule has 0 unspecified atom stereocenters. The summed E-state index contributed by atoms with van der Waals surface area (Å²) in [5.74, 6) is 0.660. The third-order valence-electron chi connectivity index (χ3n) is 1.92. The van der Waals surface area contributed by atoms with Crippen molar-refractivity contribution in [1.82, 2.24) is 9.97 Å². The summed E-state index contributed by atoms with van der Waals surface area (Å²) in [5, 5.41) is 0. The van der Waals surface area contributed by atoms with Crippen LogP contribution in [-0.4, -0.2) is 9.97 Å². The van der Waals surface area contributed by atoms with Crippen LogP contribution in [0.3, 0.4) is 0 Å². The lowest BCUT2D eigenvalue weighted by Crippen LogP contribution is -1.90. The first-order valence-electron chi connectivity index (χ1n) is 4.65. The van der Waals surface area contributed by atoms with Crippen molar-refractivity contribution < 1.29 is 0 Å². The standard InChI is InChI=1S/C12H11N3/c13-11-8-14-12(15-9-11)7-6-10-4-2-1-3-5-10/h1-9H,13H2. The van der Waals surface area contributed by atoms with Crippen LogP contribution in [-0.2, 0) is 0 Å². The highest BCUT2D eigenvalue weighted by Gasteiger charge is 1.89. The van der Waals surface area contributed by atoms with Crippen LogP contribution in [0.25, 0.3) is 12.2 Å². The number of hydrogen-bond acceptors (Lipinski definition) is 3. The van der Waals surface area contributed by atoms with Crippen molar-refractivity contribution in [1.29, 1.82) is 0 Å². The predicted octanol–water partition coefficient (Wildman–Crippen LogP) is 2.23. The predicted molar refractivity (Wildman–Crippen MR) is 61.8 cm³/mol. The van der Waals surface area contributed by atoms with Gasteiger partial charge in [-0.25, -0.2) is 9.97 Å². The molecule has 1 aromatic carbocycles. The van der Waals surface area contributed by atoms with Gasteiger partial charge < -0.3 is 5.73 Å². The molecule has 3 nitrogen and oxygen atoms in total. The summed E-state index contributed by atoms with van der Waals surface area (Å²) in [7, 11) is 0. The lowest BCUT2D eigenvalue weighted by atomic mass is 10.2. The molecule has 74 valence electrons. The molecule has 2 N–H and O–H groups in total. The Balaban J connectivity index is 2.15. The summed E-state index contributed by atoms with van der Waals surface area (Å²) in [4.78, 5) is 8.14. The summed E-state index contributed by atoms with van der Waals surface area (Å²) in [6.07, 6.45) is 7.01. The van der Waals surface area contributed by atoms with Crippen LogP contribution in [0, 0.1) is 0 Å². The Kier molecular flexibility index (Phi) is 2.74. The molecule has 0 radical (unpaired) electrons. The van der Waals surface area contributed by atoms with E-state index in [1.54, 1.807) is 12.4 Å². The van der Waals surface area contributed by atoms with Gasteiger partial charge >= 0.3 is 0 Å². The van der Waals surface area contributed by atoms with Crippen LogP contribution in [0.1, 0.15) is 11.4 Å². The third-order valence-corrected chi connectivity index (χ3v) is 1.92.